The summed E-state index contributed by atoms with van der Waals surface area (Å²) < 4.78 is 0. The Hall–Kier alpha value is -1.05. The van der Waals surface area contributed by atoms with Gasteiger partial charge in [0.25, 0.3) is 0 Å². The maximum absolute atomic E-state index is 4.33. The number of anilines is 1. The van der Waals surface area contributed by atoms with Gasteiger partial charge in [0.1, 0.15) is 0 Å². The molecule has 2 aliphatic rings. The molecule has 6 atom stereocenters. The van der Waals surface area contributed by atoms with E-state index >= 15 is 0 Å². The van der Waals surface area contributed by atoms with Gasteiger partial charge >= 0.3 is 0 Å². The molecule has 2 heteroatoms. The van der Waals surface area contributed by atoms with Gasteiger partial charge < -0.3 is 4.90 Å². The van der Waals surface area contributed by atoms with Gasteiger partial charge in [-0.1, -0.05) is 54.4 Å². The molecule has 2 nitrogen and oxygen atoms in total. The van der Waals surface area contributed by atoms with E-state index in [2.05, 4.69) is 63.6 Å². The Kier molecular flexibility index (Phi) is 6.87. The van der Waals surface area contributed by atoms with Crippen LogP contribution in [0.5, 0.6) is 0 Å². The monoisotopic (exact) mass is 370 g/mol. The van der Waals surface area contributed by atoms with Crippen molar-refractivity contribution in [3.8, 4) is 0 Å². The van der Waals surface area contributed by atoms with Crippen molar-refractivity contribution in [3.63, 3.8) is 0 Å². The van der Waals surface area contributed by atoms with Crippen LogP contribution in [0.2, 0.25) is 0 Å². The van der Waals surface area contributed by atoms with E-state index in [9.17, 15) is 0 Å². The molecule has 152 valence electrons. The molecule has 0 N–H and O–H groups in total. The summed E-state index contributed by atoms with van der Waals surface area (Å²) in [7, 11) is 0. The molecule has 0 radical (unpaired) electrons. The first kappa shape index (κ1) is 20.7. The Morgan fingerprint density at radius 1 is 0.778 bits per heavy atom. The number of pyridine rings is 1. The number of aromatic nitrogens is 1. The largest absolute Gasteiger partial charge is 0.365 e. The average Bonchev–Trinajstić information content (AvgIpc) is 2.62. The molecule has 0 amide bonds. The van der Waals surface area contributed by atoms with E-state index in [0.717, 1.165) is 35.5 Å². The minimum absolute atomic E-state index is 0.674. The molecule has 0 aromatic carbocycles. The summed E-state index contributed by atoms with van der Waals surface area (Å²) in [5.41, 5.74) is 1.42. The van der Waals surface area contributed by atoms with E-state index in [4.69, 9.17) is 0 Å². The first-order chi connectivity index (χ1) is 12.9. The molecular formula is C25H42N2. The lowest BCUT2D eigenvalue weighted by molar-refractivity contribution is 0.136. The molecule has 2 aliphatic carbocycles. The standard InChI is InChI=1S/C25H42N2/c1-17(2)22-9-7-19(5)15-24(22)27(21-11-13-26-14-12-21)25-16-20(6)8-10-23(25)18(3)4/h11-14,17-20,22-25H,7-10,15-16H2,1-6H3. The van der Waals surface area contributed by atoms with Gasteiger partial charge in [-0.05, 0) is 73.3 Å². The first-order valence-electron chi connectivity index (χ1n) is 11.6. The van der Waals surface area contributed by atoms with Gasteiger partial charge in [0.15, 0.2) is 0 Å². The molecule has 27 heavy (non-hydrogen) atoms. The van der Waals surface area contributed by atoms with Gasteiger partial charge in [-0.2, -0.15) is 0 Å². The zero-order valence-corrected chi connectivity index (χ0v) is 18.6. The highest BCUT2D eigenvalue weighted by Crippen LogP contribution is 2.44. The molecule has 3 rings (SSSR count). The Bertz CT molecular complexity index is 535. The van der Waals surface area contributed by atoms with Crippen LogP contribution in [0.1, 0.15) is 80.1 Å². The van der Waals surface area contributed by atoms with E-state index in [0.29, 0.717) is 12.1 Å². The molecule has 1 aromatic heterocycles. The SMILES string of the molecule is CC1CCC(C(C)C)C(N(c2ccncc2)C2CC(C)CCC2C(C)C)C1. The van der Waals surface area contributed by atoms with E-state index in [-0.39, 0.29) is 0 Å². The highest BCUT2D eigenvalue weighted by molar-refractivity contribution is 5.48. The summed E-state index contributed by atoms with van der Waals surface area (Å²) in [5.74, 6) is 4.80. The molecule has 6 unspecified atom stereocenters. The summed E-state index contributed by atoms with van der Waals surface area (Å²) >= 11 is 0. The summed E-state index contributed by atoms with van der Waals surface area (Å²) in [4.78, 5) is 7.23. The van der Waals surface area contributed by atoms with Gasteiger partial charge in [0, 0.05) is 30.2 Å². The quantitative estimate of drug-likeness (QED) is 0.566. The van der Waals surface area contributed by atoms with Crippen LogP contribution in [0.15, 0.2) is 24.5 Å². The van der Waals surface area contributed by atoms with Gasteiger partial charge in [-0.15, -0.1) is 0 Å². The summed E-state index contributed by atoms with van der Waals surface area (Å²) in [5, 5.41) is 0. The second-order valence-corrected chi connectivity index (χ2v) is 10.4. The summed E-state index contributed by atoms with van der Waals surface area (Å²) in [6, 6.07) is 5.89. The molecule has 0 bridgehead atoms. The van der Waals surface area contributed by atoms with E-state index in [1.165, 1.54) is 44.2 Å². The minimum Gasteiger partial charge on any atom is -0.365 e. The van der Waals surface area contributed by atoms with Crippen molar-refractivity contribution in [1.29, 1.82) is 0 Å². The van der Waals surface area contributed by atoms with Crippen LogP contribution in [0.25, 0.3) is 0 Å². The smallest absolute Gasteiger partial charge is 0.0402 e. The molecule has 0 saturated heterocycles. The van der Waals surface area contributed by atoms with Crippen LogP contribution in [0.3, 0.4) is 0 Å². The maximum atomic E-state index is 4.33. The Morgan fingerprint density at radius 3 is 1.63 bits per heavy atom. The van der Waals surface area contributed by atoms with Crippen molar-refractivity contribution in [2.24, 2.45) is 35.5 Å². The van der Waals surface area contributed by atoms with Crippen molar-refractivity contribution in [3.05, 3.63) is 24.5 Å². The first-order valence-corrected chi connectivity index (χ1v) is 11.6. The fourth-order valence-electron chi connectivity index (χ4n) is 6.09. The predicted molar refractivity (Wildman–Crippen MR) is 117 cm³/mol. The zero-order valence-electron chi connectivity index (χ0n) is 18.6. The summed E-state index contributed by atoms with van der Waals surface area (Å²) in [6.45, 7) is 14.7. The second kappa shape index (κ2) is 8.97. The van der Waals surface area contributed by atoms with Crippen molar-refractivity contribution in [2.45, 2.75) is 92.2 Å². The number of nitrogens with zero attached hydrogens (tertiary/aromatic N) is 2. The van der Waals surface area contributed by atoms with Crippen LogP contribution in [0.4, 0.5) is 5.69 Å². The van der Waals surface area contributed by atoms with Crippen molar-refractivity contribution >= 4 is 5.69 Å². The van der Waals surface area contributed by atoms with E-state index in [1.807, 2.05) is 12.4 Å². The second-order valence-electron chi connectivity index (χ2n) is 10.4. The normalized spacial score (nSPS) is 34.8. The fraction of sp³-hybridized carbons (Fsp3) is 0.800. The topological polar surface area (TPSA) is 16.1 Å². The van der Waals surface area contributed by atoms with Gasteiger partial charge in [-0.3, -0.25) is 4.98 Å². The maximum Gasteiger partial charge on any atom is 0.0402 e. The third-order valence-electron chi connectivity index (χ3n) is 7.65. The molecule has 1 aromatic rings. The minimum atomic E-state index is 0.674. The number of hydrogen-bond acceptors (Lipinski definition) is 2. The Balaban J connectivity index is 2.02. The average molecular weight is 371 g/mol. The van der Waals surface area contributed by atoms with E-state index in [1.54, 1.807) is 0 Å². The summed E-state index contributed by atoms with van der Waals surface area (Å²) in [6.07, 6.45) is 12.3. The fourth-order valence-corrected chi connectivity index (χ4v) is 6.09. The van der Waals surface area contributed by atoms with Gasteiger partial charge in [0.05, 0.1) is 0 Å². The lowest BCUT2D eigenvalue weighted by Crippen LogP contribution is -2.55. The molecule has 2 saturated carbocycles. The number of rotatable bonds is 5. The highest BCUT2D eigenvalue weighted by Gasteiger charge is 2.42. The third kappa shape index (κ3) is 4.69. The van der Waals surface area contributed by atoms with Crippen molar-refractivity contribution in [2.75, 3.05) is 4.90 Å². The molecule has 1 heterocycles. The zero-order chi connectivity index (χ0) is 19.6. The van der Waals surface area contributed by atoms with Crippen LogP contribution < -0.4 is 4.90 Å². The highest BCUT2D eigenvalue weighted by atomic mass is 15.2. The van der Waals surface area contributed by atoms with E-state index < -0.39 is 0 Å². The van der Waals surface area contributed by atoms with Crippen LogP contribution in [0, 0.1) is 35.5 Å². The predicted octanol–water partition coefficient (Wildman–Crippen LogP) is 6.81. The van der Waals surface area contributed by atoms with Gasteiger partial charge in [-0.25, -0.2) is 0 Å². The Labute approximate surface area is 168 Å². The van der Waals surface area contributed by atoms with Crippen molar-refractivity contribution < 1.29 is 0 Å². The molecular weight excluding hydrogens is 328 g/mol. The van der Waals surface area contributed by atoms with Crippen molar-refractivity contribution in [1.82, 2.24) is 4.98 Å². The molecule has 0 spiro atoms. The number of hydrogen-bond donors (Lipinski definition) is 0. The Morgan fingerprint density at radius 2 is 1.22 bits per heavy atom. The molecule has 0 aliphatic heterocycles. The van der Waals surface area contributed by atoms with Crippen LogP contribution in [-0.2, 0) is 0 Å². The third-order valence-corrected chi connectivity index (χ3v) is 7.65. The van der Waals surface area contributed by atoms with Crippen LogP contribution >= 0.6 is 0 Å². The molecule has 2 fully saturated rings. The lowest BCUT2D eigenvalue weighted by atomic mass is 9.69. The van der Waals surface area contributed by atoms with Crippen LogP contribution in [-0.4, -0.2) is 17.1 Å². The lowest BCUT2D eigenvalue weighted by Gasteiger charge is -2.53. The van der Waals surface area contributed by atoms with Gasteiger partial charge in [0.2, 0.25) is 0 Å².